The molecule has 0 atom stereocenters. The molecule has 0 fully saturated rings. The van der Waals surface area contributed by atoms with E-state index in [0.29, 0.717) is 12.1 Å². The molecule has 78 valence electrons. The van der Waals surface area contributed by atoms with Crippen LogP contribution in [0, 0.1) is 0 Å². The fraction of sp³-hybridized carbons (Fsp3) is 0.600. The highest BCUT2D eigenvalue weighted by Gasteiger charge is 2.07. The molecule has 0 saturated heterocycles. The number of aliphatic hydroxyl groups is 1. The Kier molecular flexibility index (Phi) is 4.93. The molecule has 0 unspecified atom stereocenters. The lowest BCUT2D eigenvalue weighted by atomic mass is 10.1. The number of ketones is 1. The second-order valence-electron chi connectivity index (χ2n) is 3.20. The Morgan fingerprint density at radius 1 is 1.36 bits per heavy atom. The van der Waals surface area contributed by atoms with E-state index >= 15 is 0 Å². The van der Waals surface area contributed by atoms with Gasteiger partial charge in [0.1, 0.15) is 12.0 Å². The SMILES string of the molecule is O=C(CCCCCCO)c1ccon1. The fourth-order valence-corrected chi connectivity index (χ4v) is 1.24. The number of rotatable bonds is 7. The molecule has 0 bridgehead atoms. The molecule has 1 N–H and O–H groups in total. The molecule has 4 nitrogen and oxygen atoms in total. The maximum atomic E-state index is 11.4. The summed E-state index contributed by atoms with van der Waals surface area (Å²) >= 11 is 0. The summed E-state index contributed by atoms with van der Waals surface area (Å²) in [6, 6.07) is 1.58. The van der Waals surface area contributed by atoms with Gasteiger partial charge in [0.05, 0.1) is 0 Å². The second-order valence-corrected chi connectivity index (χ2v) is 3.20. The molecule has 0 spiro atoms. The average molecular weight is 197 g/mol. The number of hydrogen-bond acceptors (Lipinski definition) is 4. The molecule has 4 heteroatoms. The minimum atomic E-state index is 0.0303. The van der Waals surface area contributed by atoms with Crippen LogP contribution in [0.3, 0.4) is 0 Å². The zero-order valence-corrected chi connectivity index (χ0v) is 8.11. The smallest absolute Gasteiger partial charge is 0.184 e. The van der Waals surface area contributed by atoms with Crippen LogP contribution in [0.2, 0.25) is 0 Å². The summed E-state index contributed by atoms with van der Waals surface area (Å²) in [6.45, 7) is 0.233. The zero-order chi connectivity index (χ0) is 10.2. The van der Waals surface area contributed by atoms with Gasteiger partial charge in [0.2, 0.25) is 0 Å². The van der Waals surface area contributed by atoms with E-state index in [9.17, 15) is 4.79 Å². The summed E-state index contributed by atoms with van der Waals surface area (Å²) in [5.41, 5.74) is 0.409. The van der Waals surface area contributed by atoms with Crippen molar-refractivity contribution in [1.29, 1.82) is 0 Å². The predicted octanol–water partition coefficient (Wildman–Crippen LogP) is 1.80. The van der Waals surface area contributed by atoms with Crippen molar-refractivity contribution < 1.29 is 14.4 Å². The third kappa shape index (κ3) is 3.70. The Hall–Kier alpha value is -1.16. The van der Waals surface area contributed by atoms with Crippen molar-refractivity contribution in [2.75, 3.05) is 6.61 Å². The minimum absolute atomic E-state index is 0.0303. The fourth-order valence-electron chi connectivity index (χ4n) is 1.24. The molecule has 1 aromatic heterocycles. The normalized spacial score (nSPS) is 10.4. The van der Waals surface area contributed by atoms with Crippen molar-refractivity contribution in [2.24, 2.45) is 0 Å². The molecule has 0 aliphatic carbocycles. The minimum Gasteiger partial charge on any atom is -0.396 e. The number of carbonyl (C=O) groups is 1. The van der Waals surface area contributed by atoms with Crippen molar-refractivity contribution in [3.8, 4) is 0 Å². The van der Waals surface area contributed by atoms with Crippen molar-refractivity contribution in [1.82, 2.24) is 5.16 Å². The molecule has 0 aromatic carbocycles. The van der Waals surface area contributed by atoms with E-state index in [1.165, 1.54) is 6.26 Å². The van der Waals surface area contributed by atoms with E-state index in [0.717, 1.165) is 25.7 Å². The molecule has 1 rings (SSSR count). The lowest BCUT2D eigenvalue weighted by Crippen LogP contribution is -1.98. The van der Waals surface area contributed by atoms with Gasteiger partial charge < -0.3 is 9.63 Å². The lowest BCUT2D eigenvalue weighted by Gasteiger charge is -1.97. The van der Waals surface area contributed by atoms with Gasteiger partial charge in [0.25, 0.3) is 0 Å². The molecule has 0 radical (unpaired) electrons. The monoisotopic (exact) mass is 197 g/mol. The topological polar surface area (TPSA) is 63.3 Å². The first-order valence-electron chi connectivity index (χ1n) is 4.89. The average Bonchev–Trinajstić information content (AvgIpc) is 2.70. The van der Waals surface area contributed by atoms with Crippen molar-refractivity contribution in [2.45, 2.75) is 32.1 Å². The summed E-state index contributed by atoms with van der Waals surface area (Å²) in [7, 11) is 0. The van der Waals surface area contributed by atoms with Gasteiger partial charge in [0.15, 0.2) is 5.78 Å². The number of hydrogen-bond donors (Lipinski definition) is 1. The Morgan fingerprint density at radius 2 is 2.14 bits per heavy atom. The van der Waals surface area contributed by atoms with Crippen molar-refractivity contribution in [3.63, 3.8) is 0 Å². The van der Waals surface area contributed by atoms with Gasteiger partial charge in [-0.2, -0.15) is 0 Å². The van der Waals surface area contributed by atoms with Gasteiger partial charge in [0, 0.05) is 19.1 Å². The second kappa shape index (κ2) is 6.32. The Labute approximate surface area is 82.9 Å². The van der Waals surface area contributed by atoms with Crippen LogP contribution >= 0.6 is 0 Å². The summed E-state index contributed by atoms with van der Waals surface area (Å²) in [6.07, 6.45) is 5.54. The third-order valence-corrected chi connectivity index (χ3v) is 2.04. The predicted molar refractivity (Wildman–Crippen MR) is 51.0 cm³/mol. The molecular formula is C10H15NO3. The van der Waals surface area contributed by atoms with Crippen molar-refractivity contribution in [3.05, 3.63) is 18.0 Å². The maximum absolute atomic E-state index is 11.4. The summed E-state index contributed by atoms with van der Waals surface area (Å²) in [5, 5.41) is 12.1. The largest absolute Gasteiger partial charge is 0.396 e. The molecule has 1 heterocycles. The molecule has 0 aliphatic heterocycles. The third-order valence-electron chi connectivity index (χ3n) is 2.04. The summed E-state index contributed by atoms with van der Waals surface area (Å²) in [4.78, 5) is 11.4. The Bertz CT molecular complexity index is 256. The summed E-state index contributed by atoms with van der Waals surface area (Å²) < 4.78 is 4.58. The van der Waals surface area contributed by atoms with Gasteiger partial charge in [-0.25, -0.2) is 0 Å². The number of unbranched alkanes of at least 4 members (excludes halogenated alkanes) is 3. The van der Waals surface area contributed by atoms with Gasteiger partial charge >= 0.3 is 0 Å². The van der Waals surface area contributed by atoms with Gasteiger partial charge in [-0.05, 0) is 12.8 Å². The molecule has 0 amide bonds. The molecule has 14 heavy (non-hydrogen) atoms. The molecule has 0 aliphatic rings. The number of Topliss-reactive ketones (excluding diaryl/α,β-unsaturated/α-hetero) is 1. The highest BCUT2D eigenvalue weighted by atomic mass is 16.5. The summed E-state index contributed by atoms with van der Waals surface area (Å²) in [5.74, 6) is 0.0303. The van der Waals surface area contributed by atoms with Gasteiger partial charge in [-0.1, -0.05) is 18.0 Å². The van der Waals surface area contributed by atoms with E-state index in [1.807, 2.05) is 0 Å². The van der Waals surface area contributed by atoms with Crippen LogP contribution in [0.1, 0.15) is 42.6 Å². The lowest BCUT2D eigenvalue weighted by molar-refractivity contribution is 0.0970. The van der Waals surface area contributed by atoms with E-state index < -0.39 is 0 Å². The number of nitrogens with zero attached hydrogens (tertiary/aromatic N) is 1. The number of aromatic nitrogens is 1. The highest BCUT2D eigenvalue weighted by Crippen LogP contribution is 2.07. The van der Waals surface area contributed by atoms with Crippen LogP contribution < -0.4 is 0 Å². The molecular weight excluding hydrogens is 182 g/mol. The number of carbonyl (C=O) groups excluding carboxylic acids is 1. The Morgan fingerprint density at radius 3 is 2.79 bits per heavy atom. The van der Waals surface area contributed by atoms with Gasteiger partial charge in [-0.15, -0.1) is 0 Å². The van der Waals surface area contributed by atoms with Crippen LogP contribution in [-0.2, 0) is 0 Å². The number of aliphatic hydroxyl groups excluding tert-OH is 1. The van der Waals surface area contributed by atoms with Crippen LogP contribution in [0.15, 0.2) is 16.9 Å². The zero-order valence-electron chi connectivity index (χ0n) is 8.11. The van der Waals surface area contributed by atoms with Crippen LogP contribution in [0.5, 0.6) is 0 Å². The van der Waals surface area contributed by atoms with Crippen LogP contribution in [-0.4, -0.2) is 22.7 Å². The first-order chi connectivity index (χ1) is 6.84. The molecule has 1 aromatic rings. The standard InChI is InChI=1S/C10H15NO3/c12-7-4-2-1-3-5-10(13)9-6-8-14-11-9/h6,8,12H,1-5,7H2. The molecule has 0 saturated carbocycles. The van der Waals surface area contributed by atoms with E-state index in [-0.39, 0.29) is 12.4 Å². The van der Waals surface area contributed by atoms with E-state index in [1.54, 1.807) is 6.07 Å². The highest BCUT2D eigenvalue weighted by molar-refractivity contribution is 5.93. The van der Waals surface area contributed by atoms with E-state index in [2.05, 4.69) is 9.68 Å². The maximum Gasteiger partial charge on any atom is 0.184 e. The van der Waals surface area contributed by atoms with Crippen molar-refractivity contribution >= 4 is 5.78 Å². The first-order valence-corrected chi connectivity index (χ1v) is 4.89. The first kappa shape index (κ1) is 10.9. The van der Waals surface area contributed by atoms with Gasteiger partial charge in [-0.3, -0.25) is 4.79 Å². The van der Waals surface area contributed by atoms with E-state index in [4.69, 9.17) is 5.11 Å². The van der Waals surface area contributed by atoms with Crippen LogP contribution in [0.25, 0.3) is 0 Å². The quantitative estimate of drug-likeness (QED) is 0.534. The van der Waals surface area contributed by atoms with Crippen LogP contribution in [0.4, 0.5) is 0 Å². The Balaban J connectivity index is 2.10.